The summed E-state index contributed by atoms with van der Waals surface area (Å²) in [6, 6.07) is 15.9. The number of rotatable bonds is 6. The second kappa shape index (κ2) is 9.55. The van der Waals surface area contributed by atoms with Crippen molar-refractivity contribution >= 4 is 39.9 Å². The van der Waals surface area contributed by atoms with Crippen molar-refractivity contribution in [2.45, 2.75) is 38.4 Å². The molecule has 2 aromatic rings. The summed E-state index contributed by atoms with van der Waals surface area (Å²) in [5.74, 6) is 1.57. The predicted octanol–water partition coefficient (Wildman–Crippen LogP) is 5.92. The molecule has 0 bridgehead atoms. The molecule has 0 aromatic heterocycles. The minimum atomic E-state index is -0.167. The summed E-state index contributed by atoms with van der Waals surface area (Å²) < 4.78 is 12.7. The monoisotopic (exact) mass is 425 g/mol. The third kappa shape index (κ3) is 5.46. The van der Waals surface area contributed by atoms with Crippen LogP contribution in [-0.4, -0.2) is 22.6 Å². The summed E-state index contributed by atoms with van der Waals surface area (Å²) in [6.07, 6.45) is 9.04. The van der Waals surface area contributed by atoms with Gasteiger partial charge in [-0.3, -0.25) is 4.79 Å². The van der Waals surface area contributed by atoms with Crippen molar-refractivity contribution in [2.75, 3.05) is 6.26 Å². The standard InChI is InChI=1S/C23H23NO3S2/c1-28-23-24-22(25)21(29-23)14-16-6-10-18(11-7-16)26-15-17-8-12-20(13-9-17)27-19-4-2-3-5-19/h6-14,19H,2-5,15H2,1H3. The zero-order valence-corrected chi connectivity index (χ0v) is 17.9. The molecule has 0 N–H and O–H groups in total. The normalized spacial score (nSPS) is 18.3. The van der Waals surface area contributed by atoms with E-state index in [1.165, 1.54) is 36.4 Å². The van der Waals surface area contributed by atoms with Gasteiger partial charge in [0.05, 0.1) is 11.0 Å². The summed E-state index contributed by atoms with van der Waals surface area (Å²) in [4.78, 5) is 16.5. The van der Waals surface area contributed by atoms with Gasteiger partial charge in [0.2, 0.25) is 0 Å². The molecule has 0 atom stereocenters. The first-order valence-electron chi connectivity index (χ1n) is 9.74. The van der Waals surface area contributed by atoms with Crippen molar-refractivity contribution in [3.8, 4) is 11.5 Å². The van der Waals surface area contributed by atoms with Crippen LogP contribution in [0.3, 0.4) is 0 Å². The molecule has 29 heavy (non-hydrogen) atoms. The van der Waals surface area contributed by atoms with Gasteiger partial charge in [0, 0.05) is 0 Å². The number of thioether (sulfide) groups is 2. The molecule has 6 heteroatoms. The highest BCUT2D eigenvalue weighted by atomic mass is 32.2. The maximum atomic E-state index is 11.9. The van der Waals surface area contributed by atoms with Gasteiger partial charge >= 0.3 is 0 Å². The molecule has 0 unspecified atom stereocenters. The average Bonchev–Trinajstić information content (AvgIpc) is 3.38. The molecule has 0 radical (unpaired) electrons. The van der Waals surface area contributed by atoms with Gasteiger partial charge in [-0.15, -0.1) is 11.8 Å². The molecule has 4 nitrogen and oxygen atoms in total. The smallest absolute Gasteiger partial charge is 0.285 e. The van der Waals surface area contributed by atoms with Crippen molar-refractivity contribution < 1.29 is 14.3 Å². The summed E-state index contributed by atoms with van der Waals surface area (Å²) in [5.41, 5.74) is 2.06. The maximum absolute atomic E-state index is 11.9. The Bertz CT molecular complexity index is 914. The summed E-state index contributed by atoms with van der Waals surface area (Å²) >= 11 is 2.91. The van der Waals surface area contributed by atoms with E-state index in [2.05, 4.69) is 17.1 Å². The highest BCUT2D eigenvalue weighted by Crippen LogP contribution is 2.33. The number of hydrogen-bond donors (Lipinski definition) is 0. The van der Waals surface area contributed by atoms with E-state index in [4.69, 9.17) is 9.47 Å². The van der Waals surface area contributed by atoms with Gasteiger partial charge in [-0.1, -0.05) is 36.0 Å². The Morgan fingerprint density at radius 2 is 1.76 bits per heavy atom. The lowest BCUT2D eigenvalue weighted by molar-refractivity contribution is -0.113. The van der Waals surface area contributed by atoms with Crippen LogP contribution in [0, 0.1) is 0 Å². The lowest BCUT2D eigenvalue weighted by Gasteiger charge is -2.13. The fourth-order valence-corrected chi connectivity index (χ4v) is 4.74. The Morgan fingerprint density at radius 1 is 1.07 bits per heavy atom. The third-order valence-electron chi connectivity index (χ3n) is 4.89. The lowest BCUT2D eigenvalue weighted by atomic mass is 10.2. The van der Waals surface area contributed by atoms with Crippen molar-refractivity contribution in [3.63, 3.8) is 0 Å². The van der Waals surface area contributed by atoms with E-state index in [1.807, 2.05) is 48.7 Å². The summed E-state index contributed by atoms with van der Waals surface area (Å²) in [5, 5.41) is 0. The number of aliphatic imine (C=N–C) groups is 1. The predicted molar refractivity (Wildman–Crippen MR) is 122 cm³/mol. The molecular weight excluding hydrogens is 402 g/mol. The maximum Gasteiger partial charge on any atom is 0.285 e. The van der Waals surface area contributed by atoms with E-state index in [-0.39, 0.29) is 5.91 Å². The quantitative estimate of drug-likeness (QED) is 0.538. The topological polar surface area (TPSA) is 47.9 Å². The van der Waals surface area contributed by atoms with Gasteiger partial charge in [0.15, 0.2) is 0 Å². The van der Waals surface area contributed by atoms with Gasteiger partial charge in [-0.2, -0.15) is 4.99 Å². The SMILES string of the molecule is CSC1=NC(=O)C(=Cc2ccc(OCc3ccc(OC4CCCC4)cc3)cc2)S1. The Balaban J connectivity index is 1.29. The van der Waals surface area contributed by atoms with Gasteiger partial charge in [0.1, 0.15) is 22.5 Å². The molecule has 1 amide bonds. The molecule has 150 valence electrons. The molecule has 4 rings (SSSR count). The van der Waals surface area contributed by atoms with E-state index in [9.17, 15) is 4.79 Å². The molecule has 1 saturated carbocycles. The number of nitrogens with zero attached hydrogens (tertiary/aromatic N) is 1. The number of carbonyl (C=O) groups is 1. The van der Waals surface area contributed by atoms with Crippen LogP contribution in [0.15, 0.2) is 58.4 Å². The third-order valence-corrected chi connectivity index (χ3v) is 6.86. The molecule has 0 spiro atoms. The first-order chi connectivity index (χ1) is 14.2. The number of carbonyl (C=O) groups excluding carboxylic acids is 1. The molecule has 1 heterocycles. The molecule has 1 aliphatic heterocycles. The Labute approximate surface area is 179 Å². The van der Waals surface area contributed by atoms with Gasteiger partial charge in [-0.05, 0) is 73.4 Å². The minimum absolute atomic E-state index is 0.167. The van der Waals surface area contributed by atoms with Crippen LogP contribution in [0.2, 0.25) is 0 Å². The number of benzene rings is 2. The first kappa shape index (κ1) is 20.1. The zero-order chi connectivity index (χ0) is 20.1. The summed E-state index contributed by atoms with van der Waals surface area (Å²) in [7, 11) is 0. The molecule has 1 fully saturated rings. The Hall–Kier alpha value is -2.18. The minimum Gasteiger partial charge on any atom is -0.490 e. The van der Waals surface area contributed by atoms with Crippen LogP contribution in [0.25, 0.3) is 6.08 Å². The van der Waals surface area contributed by atoms with Crippen LogP contribution >= 0.6 is 23.5 Å². The second-order valence-electron chi connectivity index (χ2n) is 7.02. The zero-order valence-electron chi connectivity index (χ0n) is 16.3. The second-order valence-corrected chi connectivity index (χ2v) is 9.11. The van der Waals surface area contributed by atoms with E-state index in [0.717, 1.165) is 39.8 Å². The van der Waals surface area contributed by atoms with E-state index in [1.54, 1.807) is 0 Å². The first-order valence-corrected chi connectivity index (χ1v) is 11.8. The number of hydrogen-bond acceptors (Lipinski definition) is 5. The molecule has 1 aliphatic carbocycles. The molecule has 0 saturated heterocycles. The largest absolute Gasteiger partial charge is 0.490 e. The van der Waals surface area contributed by atoms with Crippen molar-refractivity contribution in [1.29, 1.82) is 0 Å². The fraction of sp³-hybridized carbons (Fsp3) is 0.304. The van der Waals surface area contributed by atoms with E-state index < -0.39 is 0 Å². The van der Waals surface area contributed by atoms with Crippen LogP contribution in [0.4, 0.5) is 0 Å². The lowest BCUT2D eigenvalue weighted by Crippen LogP contribution is -2.10. The fourth-order valence-electron chi connectivity index (χ4n) is 3.32. The van der Waals surface area contributed by atoms with E-state index >= 15 is 0 Å². The van der Waals surface area contributed by atoms with Crippen LogP contribution in [0.1, 0.15) is 36.8 Å². The van der Waals surface area contributed by atoms with E-state index in [0.29, 0.717) is 17.6 Å². The Kier molecular flexibility index (Phi) is 6.62. The van der Waals surface area contributed by atoms with Crippen molar-refractivity contribution in [3.05, 3.63) is 64.6 Å². The highest BCUT2D eigenvalue weighted by Gasteiger charge is 2.20. The van der Waals surface area contributed by atoms with Crippen LogP contribution in [0.5, 0.6) is 11.5 Å². The van der Waals surface area contributed by atoms with Crippen LogP contribution < -0.4 is 9.47 Å². The van der Waals surface area contributed by atoms with Gasteiger partial charge < -0.3 is 9.47 Å². The Morgan fingerprint density at radius 3 is 2.41 bits per heavy atom. The average molecular weight is 426 g/mol. The molecule has 2 aliphatic rings. The van der Waals surface area contributed by atoms with Crippen LogP contribution in [-0.2, 0) is 11.4 Å². The van der Waals surface area contributed by atoms with Gasteiger partial charge in [0.25, 0.3) is 5.91 Å². The number of ether oxygens (including phenoxy) is 2. The summed E-state index contributed by atoms with van der Waals surface area (Å²) in [6.45, 7) is 0.503. The number of amides is 1. The van der Waals surface area contributed by atoms with Crippen molar-refractivity contribution in [2.24, 2.45) is 4.99 Å². The van der Waals surface area contributed by atoms with Crippen molar-refractivity contribution in [1.82, 2.24) is 0 Å². The molecule has 2 aromatic carbocycles. The molecular formula is C23H23NO3S2. The van der Waals surface area contributed by atoms with Gasteiger partial charge in [-0.25, -0.2) is 0 Å². The highest BCUT2D eigenvalue weighted by molar-refractivity contribution is 8.40.